The molecule has 6 heteroatoms. The highest BCUT2D eigenvalue weighted by Crippen LogP contribution is 2.46. The van der Waals surface area contributed by atoms with Gasteiger partial charge in [0, 0.05) is 40.5 Å². The maximum absolute atomic E-state index is 10.1. The zero-order valence-corrected chi connectivity index (χ0v) is 33.4. The zero-order chi connectivity index (χ0) is 38.9. The summed E-state index contributed by atoms with van der Waals surface area (Å²) >= 11 is 0. The summed E-state index contributed by atoms with van der Waals surface area (Å²) < 4.78 is 8.83. The van der Waals surface area contributed by atoms with Crippen molar-refractivity contribution in [2.45, 2.75) is 78.6 Å². The Hall–Kier alpha value is -6.06. The van der Waals surface area contributed by atoms with E-state index in [9.17, 15) is 5.26 Å². The Labute approximate surface area is 325 Å². The van der Waals surface area contributed by atoms with E-state index in [1.807, 2.05) is 30.5 Å². The number of para-hydroxylation sites is 2. The fourth-order valence-electron chi connectivity index (χ4n) is 7.60. The lowest BCUT2D eigenvalue weighted by atomic mass is 9.80. The van der Waals surface area contributed by atoms with Crippen molar-refractivity contribution in [3.63, 3.8) is 0 Å². The van der Waals surface area contributed by atoms with Crippen LogP contribution in [0.4, 0.5) is 22.7 Å². The van der Waals surface area contributed by atoms with Gasteiger partial charge < -0.3 is 14.5 Å². The molecule has 3 heterocycles. The van der Waals surface area contributed by atoms with Crippen molar-refractivity contribution in [3.8, 4) is 23.4 Å². The first-order valence-corrected chi connectivity index (χ1v) is 19.1. The molecule has 6 nitrogen and oxygen atoms in total. The van der Waals surface area contributed by atoms with Gasteiger partial charge in [0.1, 0.15) is 24.0 Å². The molecule has 0 saturated carbocycles. The van der Waals surface area contributed by atoms with Crippen molar-refractivity contribution in [3.05, 3.63) is 144 Å². The Morgan fingerprint density at radius 1 is 0.582 bits per heavy atom. The topological polar surface area (TPSA) is 57.3 Å². The maximum Gasteiger partial charge on any atom is 0.137 e. The molecule has 5 aromatic carbocycles. The Balaban J connectivity index is 1.17. The van der Waals surface area contributed by atoms with Crippen LogP contribution in [0.2, 0.25) is 0 Å². The molecule has 7 aromatic rings. The number of fused-ring (bicyclic) bond motifs is 4. The molecule has 0 amide bonds. The number of aromatic nitrogens is 2. The molecule has 0 saturated heterocycles. The highest BCUT2D eigenvalue weighted by molar-refractivity contribution is 6.12. The van der Waals surface area contributed by atoms with E-state index >= 15 is 0 Å². The van der Waals surface area contributed by atoms with E-state index in [4.69, 9.17) is 9.72 Å². The number of anilines is 4. The highest BCUT2D eigenvalue weighted by atomic mass is 16.5. The Morgan fingerprint density at radius 2 is 1.22 bits per heavy atom. The Kier molecular flexibility index (Phi) is 8.53. The molecular formula is C49H49N5O. The first-order valence-electron chi connectivity index (χ1n) is 19.1. The van der Waals surface area contributed by atoms with Gasteiger partial charge in [-0.3, -0.25) is 4.57 Å². The average molecular weight is 724 g/mol. The molecule has 1 aliphatic rings. The lowest BCUT2D eigenvalue weighted by molar-refractivity contribution is 0.483. The van der Waals surface area contributed by atoms with Crippen molar-refractivity contribution in [2.24, 2.45) is 0 Å². The summed E-state index contributed by atoms with van der Waals surface area (Å²) in [5.74, 6) is 2.25. The molecule has 0 unspecified atom stereocenters. The SMILES string of the molecule is CC(C)(C)c1cc(N2CN(c3cccc(Oc4ccc5c6c(C#N)cccc6n(-c6cc(C(C)(C)C)ccn6)c5c4)c3)c3ccccc32)cc(C(C)(C)C)c1. The fraction of sp³-hybridized carbons (Fsp3) is 0.265. The predicted octanol–water partition coefficient (Wildman–Crippen LogP) is 13.0. The molecule has 276 valence electrons. The molecule has 0 bridgehead atoms. The smallest absolute Gasteiger partial charge is 0.137 e. The van der Waals surface area contributed by atoms with Crippen molar-refractivity contribution in [2.75, 3.05) is 16.5 Å². The second kappa shape index (κ2) is 13.1. The van der Waals surface area contributed by atoms with E-state index in [2.05, 4.69) is 174 Å². The normalized spacial score (nSPS) is 13.4. The van der Waals surface area contributed by atoms with E-state index in [1.165, 1.54) is 28.1 Å². The maximum atomic E-state index is 10.1. The largest absolute Gasteiger partial charge is 0.457 e. The minimum absolute atomic E-state index is 0.0168. The third-order valence-corrected chi connectivity index (χ3v) is 10.8. The van der Waals surface area contributed by atoms with E-state index in [-0.39, 0.29) is 16.2 Å². The zero-order valence-electron chi connectivity index (χ0n) is 33.4. The summed E-state index contributed by atoms with van der Waals surface area (Å²) in [6.07, 6.45) is 1.87. The van der Waals surface area contributed by atoms with Crippen molar-refractivity contribution in [1.29, 1.82) is 5.26 Å². The fourth-order valence-corrected chi connectivity index (χ4v) is 7.60. The van der Waals surface area contributed by atoms with E-state index < -0.39 is 0 Å². The van der Waals surface area contributed by atoms with Crippen LogP contribution < -0.4 is 14.5 Å². The molecular weight excluding hydrogens is 675 g/mol. The number of rotatable bonds is 5. The van der Waals surface area contributed by atoms with Gasteiger partial charge in [0.2, 0.25) is 0 Å². The van der Waals surface area contributed by atoms with Crippen LogP contribution in [0.3, 0.4) is 0 Å². The Morgan fingerprint density at radius 3 is 1.87 bits per heavy atom. The summed E-state index contributed by atoms with van der Waals surface area (Å²) in [6.45, 7) is 21.0. The van der Waals surface area contributed by atoms with Gasteiger partial charge in [-0.25, -0.2) is 4.98 Å². The monoisotopic (exact) mass is 723 g/mol. The molecule has 0 N–H and O–H groups in total. The van der Waals surface area contributed by atoms with Gasteiger partial charge in [-0.1, -0.05) is 92.6 Å². The molecule has 1 aliphatic heterocycles. The van der Waals surface area contributed by atoms with Crippen LogP contribution in [0.1, 0.15) is 84.6 Å². The molecule has 0 radical (unpaired) electrons. The van der Waals surface area contributed by atoms with E-state index in [0.29, 0.717) is 18.0 Å². The molecule has 0 spiro atoms. The lowest BCUT2D eigenvalue weighted by Gasteiger charge is -2.29. The van der Waals surface area contributed by atoms with E-state index in [0.717, 1.165) is 44.7 Å². The first kappa shape index (κ1) is 35.9. The number of nitrogens with zero attached hydrogens (tertiary/aromatic N) is 5. The van der Waals surface area contributed by atoms with Gasteiger partial charge in [-0.05, 0) is 106 Å². The highest BCUT2D eigenvalue weighted by Gasteiger charge is 2.30. The van der Waals surface area contributed by atoms with Gasteiger partial charge in [-0.15, -0.1) is 0 Å². The van der Waals surface area contributed by atoms with E-state index in [1.54, 1.807) is 0 Å². The summed E-state index contributed by atoms with van der Waals surface area (Å²) in [7, 11) is 0. The van der Waals surface area contributed by atoms with Crippen molar-refractivity contribution >= 4 is 44.6 Å². The molecule has 8 rings (SSSR count). The van der Waals surface area contributed by atoms with Crippen LogP contribution in [0.25, 0.3) is 27.6 Å². The van der Waals surface area contributed by atoms with Crippen LogP contribution in [-0.4, -0.2) is 16.2 Å². The second-order valence-electron chi connectivity index (χ2n) is 17.8. The van der Waals surface area contributed by atoms with Gasteiger partial charge in [-0.2, -0.15) is 5.26 Å². The van der Waals surface area contributed by atoms with Crippen LogP contribution >= 0.6 is 0 Å². The quantitative estimate of drug-likeness (QED) is 0.177. The Bertz CT molecular complexity index is 2610. The summed E-state index contributed by atoms with van der Waals surface area (Å²) in [6, 6.07) is 42.7. The van der Waals surface area contributed by atoms with Crippen molar-refractivity contribution < 1.29 is 4.74 Å². The average Bonchev–Trinajstić information content (AvgIpc) is 3.70. The standard InChI is InChI=1S/C49H49N5O/c1-47(2,3)33-22-23-51-45(27-33)54-43-19-12-14-32(30-50)46(43)40-21-20-39(29-44(40)54)55-38-16-13-15-36(28-38)52-31-53(42-18-11-10-17-41(42)52)37-25-34(48(4,5)6)24-35(26-37)49(7,8)9/h10-29H,31H2,1-9H3. The number of nitriles is 1. The second-order valence-corrected chi connectivity index (χ2v) is 17.8. The summed E-state index contributed by atoms with van der Waals surface area (Å²) in [5.41, 5.74) is 10.9. The predicted molar refractivity (Wildman–Crippen MR) is 228 cm³/mol. The summed E-state index contributed by atoms with van der Waals surface area (Å²) in [5, 5.41) is 12.0. The lowest BCUT2D eigenvalue weighted by Crippen LogP contribution is -2.25. The molecule has 55 heavy (non-hydrogen) atoms. The van der Waals surface area contributed by atoms with Crippen LogP contribution in [-0.2, 0) is 16.2 Å². The third-order valence-electron chi connectivity index (χ3n) is 10.8. The molecule has 2 aromatic heterocycles. The number of benzene rings is 5. The first-order chi connectivity index (χ1) is 26.1. The minimum Gasteiger partial charge on any atom is -0.457 e. The number of pyridine rings is 1. The number of hydrogen-bond donors (Lipinski definition) is 0. The molecule has 0 atom stereocenters. The molecule has 0 fully saturated rings. The number of ether oxygens (including phenoxy) is 1. The van der Waals surface area contributed by atoms with Gasteiger partial charge >= 0.3 is 0 Å². The minimum atomic E-state index is -0.0493. The summed E-state index contributed by atoms with van der Waals surface area (Å²) in [4.78, 5) is 9.62. The van der Waals surface area contributed by atoms with Crippen LogP contribution in [0, 0.1) is 11.3 Å². The van der Waals surface area contributed by atoms with Crippen molar-refractivity contribution in [1.82, 2.24) is 9.55 Å². The van der Waals surface area contributed by atoms with Gasteiger partial charge in [0.25, 0.3) is 0 Å². The van der Waals surface area contributed by atoms with Crippen LogP contribution in [0.15, 0.2) is 121 Å². The van der Waals surface area contributed by atoms with Gasteiger partial charge in [0.05, 0.1) is 34.0 Å². The third kappa shape index (κ3) is 6.59. The molecule has 0 aliphatic carbocycles. The van der Waals surface area contributed by atoms with Crippen LogP contribution in [0.5, 0.6) is 11.5 Å². The van der Waals surface area contributed by atoms with Gasteiger partial charge in [0.15, 0.2) is 0 Å². The number of hydrogen-bond acceptors (Lipinski definition) is 5.